The zero-order chi connectivity index (χ0) is 15.5. The lowest BCUT2D eigenvalue weighted by atomic mass is 10.1. The summed E-state index contributed by atoms with van der Waals surface area (Å²) in [6.45, 7) is 5.43. The molecular formula is C16H25N5O. The number of aromatic nitrogens is 1. The number of rotatable bonds is 2. The van der Waals surface area contributed by atoms with Gasteiger partial charge in [0.1, 0.15) is 5.82 Å². The second kappa shape index (κ2) is 6.62. The fourth-order valence-corrected chi connectivity index (χ4v) is 3.14. The molecule has 1 aromatic rings. The van der Waals surface area contributed by atoms with E-state index in [2.05, 4.69) is 21.8 Å². The number of piperidine rings is 1. The number of carbonyl (C=O) groups is 1. The molecule has 0 bridgehead atoms. The van der Waals surface area contributed by atoms with Crippen LogP contribution >= 0.6 is 0 Å². The Morgan fingerprint density at radius 1 is 1.27 bits per heavy atom. The number of nitrogens with zero attached hydrogens (tertiary/aromatic N) is 4. The Morgan fingerprint density at radius 3 is 2.77 bits per heavy atom. The summed E-state index contributed by atoms with van der Waals surface area (Å²) in [5, 5.41) is 0. The molecule has 0 aromatic carbocycles. The van der Waals surface area contributed by atoms with Crippen molar-refractivity contribution in [1.82, 2.24) is 14.8 Å². The average Bonchev–Trinajstić information content (AvgIpc) is 2.55. The van der Waals surface area contributed by atoms with Gasteiger partial charge in [-0.1, -0.05) is 0 Å². The van der Waals surface area contributed by atoms with Crippen LogP contribution in [0.25, 0.3) is 0 Å². The van der Waals surface area contributed by atoms with Crippen molar-refractivity contribution < 1.29 is 4.79 Å². The quantitative estimate of drug-likeness (QED) is 0.856. The number of pyridine rings is 1. The number of carbonyl (C=O) groups excluding carboxylic acids is 1. The highest BCUT2D eigenvalue weighted by molar-refractivity contribution is 5.95. The molecule has 6 nitrogen and oxygen atoms in total. The summed E-state index contributed by atoms with van der Waals surface area (Å²) in [5.41, 5.74) is 6.70. The second-order valence-electron chi connectivity index (χ2n) is 6.35. The SMILES string of the molecule is CN1CCN(c2cc(C(=O)N3CCCC(N)C3)ccn2)CC1. The molecule has 0 spiro atoms. The summed E-state index contributed by atoms with van der Waals surface area (Å²) in [7, 11) is 2.13. The summed E-state index contributed by atoms with van der Waals surface area (Å²) in [5.74, 6) is 0.980. The van der Waals surface area contributed by atoms with Gasteiger partial charge in [-0.2, -0.15) is 0 Å². The van der Waals surface area contributed by atoms with E-state index in [1.54, 1.807) is 6.20 Å². The summed E-state index contributed by atoms with van der Waals surface area (Å²) in [6, 6.07) is 3.84. The topological polar surface area (TPSA) is 65.7 Å². The molecule has 120 valence electrons. The number of piperazine rings is 1. The minimum atomic E-state index is 0.0768. The van der Waals surface area contributed by atoms with Crippen LogP contribution in [-0.2, 0) is 0 Å². The van der Waals surface area contributed by atoms with Gasteiger partial charge in [0.25, 0.3) is 5.91 Å². The lowest BCUT2D eigenvalue weighted by Crippen LogP contribution is -2.46. The summed E-state index contributed by atoms with van der Waals surface area (Å²) in [6.07, 6.45) is 3.74. The number of nitrogens with two attached hydrogens (primary N) is 1. The van der Waals surface area contributed by atoms with Gasteiger partial charge in [-0.25, -0.2) is 4.98 Å². The third kappa shape index (κ3) is 3.39. The molecular weight excluding hydrogens is 278 g/mol. The molecule has 2 aliphatic heterocycles. The highest BCUT2D eigenvalue weighted by atomic mass is 16.2. The molecule has 3 rings (SSSR count). The van der Waals surface area contributed by atoms with Gasteiger partial charge in [0.05, 0.1) is 0 Å². The third-order valence-corrected chi connectivity index (χ3v) is 4.56. The van der Waals surface area contributed by atoms with Gasteiger partial charge in [-0.3, -0.25) is 4.79 Å². The summed E-state index contributed by atoms with van der Waals surface area (Å²) >= 11 is 0. The van der Waals surface area contributed by atoms with Crippen molar-refractivity contribution in [2.24, 2.45) is 5.73 Å². The normalized spacial score (nSPS) is 23.6. The standard InChI is InChI=1S/C16H25N5O/c1-19-7-9-20(10-8-19)15-11-13(4-5-18-15)16(22)21-6-2-3-14(17)12-21/h4-5,11,14H,2-3,6-10,12,17H2,1H3. The molecule has 2 aliphatic rings. The van der Waals surface area contributed by atoms with Crippen molar-refractivity contribution in [3.05, 3.63) is 23.9 Å². The van der Waals surface area contributed by atoms with Crippen LogP contribution in [0.1, 0.15) is 23.2 Å². The van der Waals surface area contributed by atoms with E-state index in [-0.39, 0.29) is 11.9 Å². The van der Waals surface area contributed by atoms with Crippen molar-refractivity contribution in [3.8, 4) is 0 Å². The van der Waals surface area contributed by atoms with E-state index in [4.69, 9.17) is 5.73 Å². The van der Waals surface area contributed by atoms with Crippen LogP contribution in [0.15, 0.2) is 18.3 Å². The van der Waals surface area contributed by atoms with E-state index in [0.717, 1.165) is 56.9 Å². The summed E-state index contributed by atoms with van der Waals surface area (Å²) < 4.78 is 0. The van der Waals surface area contributed by atoms with E-state index in [1.807, 2.05) is 17.0 Å². The predicted octanol–water partition coefficient (Wildman–Crippen LogP) is 0.397. The molecule has 0 saturated carbocycles. The maximum Gasteiger partial charge on any atom is 0.254 e. The number of hydrogen-bond acceptors (Lipinski definition) is 5. The maximum absolute atomic E-state index is 12.6. The molecule has 0 radical (unpaired) electrons. The van der Waals surface area contributed by atoms with Crippen molar-refractivity contribution in [3.63, 3.8) is 0 Å². The van der Waals surface area contributed by atoms with Crippen LogP contribution < -0.4 is 10.6 Å². The van der Waals surface area contributed by atoms with Gasteiger partial charge in [0.2, 0.25) is 0 Å². The van der Waals surface area contributed by atoms with Crippen molar-refractivity contribution >= 4 is 11.7 Å². The zero-order valence-corrected chi connectivity index (χ0v) is 13.2. The first kappa shape index (κ1) is 15.2. The minimum Gasteiger partial charge on any atom is -0.354 e. The Balaban J connectivity index is 1.71. The molecule has 6 heteroatoms. The molecule has 2 fully saturated rings. The molecule has 2 N–H and O–H groups in total. The molecule has 22 heavy (non-hydrogen) atoms. The monoisotopic (exact) mass is 303 g/mol. The largest absolute Gasteiger partial charge is 0.354 e. The van der Waals surface area contributed by atoms with E-state index in [1.165, 1.54) is 0 Å². The van der Waals surface area contributed by atoms with Crippen LogP contribution in [0.5, 0.6) is 0 Å². The Labute approximate surface area is 131 Å². The lowest BCUT2D eigenvalue weighted by Gasteiger charge is -2.34. The van der Waals surface area contributed by atoms with Crippen LogP contribution in [-0.4, -0.2) is 73.0 Å². The Bertz CT molecular complexity index is 527. The fourth-order valence-electron chi connectivity index (χ4n) is 3.14. The molecule has 1 amide bonds. The van der Waals surface area contributed by atoms with Gasteiger partial charge in [-0.15, -0.1) is 0 Å². The van der Waals surface area contributed by atoms with E-state index < -0.39 is 0 Å². The Hall–Kier alpha value is -1.66. The third-order valence-electron chi connectivity index (χ3n) is 4.56. The smallest absolute Gasteiger partial charge is 0.254 e. The molecule has 1 atom stereocenters. The fraction of sp³-hybridized carbons (Fsp3) is 0.625. The first-order chi connectivity index (χ1) is 10.6. The zero-order valence-electron chi connectivity index (χ0n) is 13.2. The first-order valence-electron chi connectivity index (χ1n) is 8.08. The minimum absolute atomic E-state index is 0.0768. The first-order valence-corrected chi connectivity index (χ1v) is 8.08. The van der Waals surface area contributed by atoms with Crippen molar-refractivity contribution in [2.75, 3.05) is 51.2 Å². The van der Waals surface area contributed by atoms with Crippen LogP contribution in [0.2, 0.25) is 0 Å². The number of hydrogen-bond donors (Lipinski definition) is 1. The van der Waals surface area contributed by atoms with Gasteiger partial charge >= 0.3 is 0 Å². The highest BCUT2D eigenvalue weighted by Crippen LogP contribution is 2.18. The number of likely N-dealkylation sites (tertiary alicyclic amines) is 1. The van der Waals surface area contributed by atoms with E-state index in [9.17, 15) is 4.79 Å². The molecule has 1 unspecified atom stereocenters. The van der Waals surface area contributed by atoms with Gasteiger partial charge in [-0.05, 0) is 32.0 Å². The average molecular weight is 303 g/mol. The molecule has 3 heterocycles. The van der Waals surface area contributed by atoms with Gasteiger partial charge in [0.15, 0.2) is 0 Å². The molecule has 0 aliphatic carbocycles. The van der Waals surface area contributed by atoms with Crippen LogP contribution in [0.4, 0.5) is 5.82 Å². The number of anilines is 1. The number of likely N-dealkylation sites (N-methyl/N-ethyl adjacent to an activating group) is 1. The lowest BCUT2D eigenvalue weighted by molar-refractivity contribution is 0.0708. The van der Waals surface area contributed by atoms with Crippen LogP contribution in [0.3, 0.4) is 0 Å². The predicted molar refractivity (Wildman–Crippen MR) is 87.1 cm³/mol. The maximum atomic E-state index is 12.6. The van der Waals surface area contributed by atoms with E-state index in [0.29, 0.717) is 6.54 Å². The molecule has 2 saturated heterocycles. The van der Waals surface area contributed by atoms with Gasteiger partial charge in [0, 0.05) is 57.1 Å². The summed E-state index contributed by atoms with van der Waals surface area (Å²) in [4.78, 5) is 23.5. The molecule has 1 aromatic heterocycles. The number of amides is 1. The Kier molecular flexibility index (Phi) is 4.59. The van der Waals surface area contributed by atoms with Crippen LogP contribution in [0, 0.1) is 0 Å². The van der Waals surface area contributed by atoms with Gasteiger partial charge < -0.3 is 20.4 Å². The Morgan fingerprint density at radius 2 is 2.05 bits per heavy atom. The van der Waals surface area contributed by atoms with Crippen molar-refractivity contribution in [2.45, 2.75) is 18.9 Å². The highest BCUT2D eigenvalue weighted by Gasteiger charge is 2.23. The van der Waals surface area contributed by atoms with Crippen molar-refractivity contribution in [1.29, 1.82) is 0 Å². The second-order valence-corrected chi connectivity index (χ2v) is 6.35. The van der Waals surface area contributed by atoms with E-state index >= 15 is 0 Å².